The standard InChI is InChI=1S/C21H20O7/c22-20(23)19(26-13-16-9-5-2-6-10-16)18(11-17-14-27-21(24)28-17)25-12-15-7-3-1-4-8-15/h1-10,17H,11-14H2,(H,22,23)/b19-18-. The lowest BCUT2D eigenvalue weighted by atomic mass is 10.2. The van der Waals surface area contributed by atoms with Gasteiger partial charge in [0.15, 0.2) is 0 Å². The minimum absolute atomic E-state index is 0.0304. The van der Waals surface area contributed by atoms with E-state index in [-0.39, 0.29) is 37.8 Å². The average molecular weight is 384 g/mol. The zero-order valence-electron chi connectivity index (χ0n) is 15.1. The summed E-state index contributed by atoms with van der Waals surface area (Å²) < 4.78 is 21.1. The summed E-state index contributed by atoms with van der Waals surface area (Å²) in [6.45, 7) is 0.257. The number of carbonyl (C=O) groups excluding carboxylic acids is 1. The van der Waals surface area contributed by atoms with E-state index in [2.05, 4.69) is 0 Å². The van der Waals surface area contributed by atoms with Gasteiger partial charge in [-0.25, -0.2) is 9.59 Å². The Morgan fingerprint density at radius 2 is 1.54 bits per heavy atom. The van der Waals surface area contributed by atoms with Gasteiger partial charge in [-0.05, 0) is 11.1 Å². The molecular weight excluding hydrogens is 364 g/mol. The van der Waals surface area contributed by atoms with Gasteiger partial charge in [0, 0.05) is 6.42 Å². The number of carboxylic acid groups (broad SMARTS) is 1. The predicted molar refractivity (Wildman–Crippen MR) is 98.0 cm³/mol. The molecule has 1 saturated heterocycles. The molecule has 1 aliphatic heterocycles. The molecule has 1 fully saturated rings. The molecule has 1 unspecified atom stereocenters. The lowest BCUT2D eigenvalue weighted by Gasteiger charge is -2.17. The zero-order valence-corrected chi connectivity index (χ0v) is 15.1. The van der Waals surface area contributed by atoms with Crippen molar-refractivity contribution in [3.05, 3.63) is 83.3 Å². The lowest BCUT2D eigenvalue weighted by Crippen LogP contribution is -2.17. The normalized spacial score (nSPS) is 16.6. The highest BCUT2D eigenvalue weighted by atomic mass is 16.8. The highest BCUT2D eigenvalue weighted by molar-refractivity contribution is 5.84. The smallest absolute Gasteiger partial charge is 0.489 e. The fourth-order valence-corrected chi connectivity index (χ4v) is 2.63. The van der Waals surface area contributed by atoms with E-state index < -0.39 is 18.2 Å². The molecule has 7 heteroatoms. The maximum Gasteiger partial charge on any atom is 0.508 e. The Labute approximate surface area is 162 Å². The first kappa shape index (κ1) is 19.3. The van der Waals surface area contributed by atoms with E-state index in [0.717, 1.165) is 11.1 Å². The van der Waals surface area contributed by atoms with Crippen molar-refractivity contribution in [1.29, 1.82) is 0 Å². The van der Waals surface area contributed by atoms with Crippen LogP contribution in [0.25, 0.3) is 0 Å². The number of cyclic esters (lactones) is 2. The van der Waals surface area contributed by atoms with E-state index in [1.54, 1.807) is 0 Å². The summed E-state index contributed by atoms with van der Waals surface area (Å²) in [5, 5.41) is 9.64. The molecule has 3 rings (SSSR count). The largest absolute Gasteiger partial charge is 0.508 e. The van der Waals surface area contributed by atoms with Gasteiger partial charge in [-0.2, -0.15) is 0 Å². The second kappa shape index (κ2) is 9.45. The van der Waals surface area contributed by atoms with Crippen molar-refractivity contribution >= 4 is 12.1 Å². The monoisotopic (exact) mass is 384 g/mol. The molecule has 28 heavy (non-hydrogen) atoms. The Kier molecular flexibility index (Phi) is 6.51. The van der Waals surface area contributed by atoms with E-state index in [1.165, 1.54) is 0 Å². The number of hydrogen-bond donors (Lipinski definition) is 1. The van der Waals surface area contributed by atoms with Gasteiger partial charge in [0.05, 0.1) is 0 Å². The molecule has 7 nitrogen and oxygen atoms in total. The Morgan fingerprint density at radius 1 is 0.964 bits per heavy atom. The third-order valence-corrected chi connectivity index (χ3v) is 3.99. The molecule has 0 radical (unpaired) electrons. The third-order valence-electron chi connectivity index (χ3n) is 3.99. The van der Waals surface area contributed by atoms with E-state index in [4.69, 9.17) is 18.9 Å². The summed E-state index contributed by atoms with van der Waals surface area (Å²) in [6.07, 6.45) is -1.38. The highest BCUT2D eigenvalue weighted by Crippen LogP contribution is 2.22. The van der Waals surface area contributed by atoms with Gasteiger partial charge in [-0.1, -0.05) is 60.7 Å². The summed E-state index contributed by atoms with van der Waals surface area (Å²) in [7, 11) is 0. The van der Waals surface area contributed by atoms with Crippen molar-refractivity contribution in [2.45, 2.75) is 25.7 Å². The van der Waals surface area contributed by atoms with Gasteiger partial charge < -0.3 is 24.1 Å². The number of ether oxygens (including phenoxy) is 4. The molecule has 0 saturated carbocycles. The van der Waals surface area contributed by atoms with Crippen LogP contribution in [0.5, 0.6) is 0 Å². The van der Waals surface area contributed by atoms with Crippen molar-refractivity contribution < 1.29 is 33.6 Å². The fourth-order valence-electron chi connectivity index (χ4n) is 2.63. The minimum Gasteiger partial charge on any atom is -0.489 e. The highest BCUT2D eigenvalue weighted by Gasteiger charge is 2.30. The van der Waals surface area contributed by atoms with Crippen LogP contribution in [0.3, 0.4) is 0 Å². The molecule has 0 spiro atoms. The van der Waals surface area contributed by atoms with Crippen LogP contribution in [-0.4, -0.2) is 29.9 Å². The van der Waals surface area contributed by atoms with Crippen molar-refractivity contribution in [3.63, 3.8) is 0 Å². The van der Waals surface area contributed by atoms with Gasteiger partial charge in [0.1, 0.15) is 31.7 Å². The molecule has 1 aliphatic rings. The summed E-state index contributed by atoms with van der Waals surface area (Å²) >= 11 is 0. The number of hydrogen-bond acceptors (Lipinski definition) is 6. The topological polar surface area (TPSA) is 91.3 Å². The Morgan fingerprint density at radius 3 is 2.04 bits per heavy atom. The molecule has 1 atom stereocenters. The minimum atomic E-state index is -1.26. The maximum absolute atomic E-state index is 11.8. The SMILES string of the molecule is O=C1OCC(C/C(OCc2ccccc2)=C(/OCc2ccccc2)C(=O)O)O1. The second-order valence-electron chi connectivity index (χ2n) is 6.11. The first-order valence-corrected chi connectivity index (χ1v) is 8.75. The van der Waals surface area contributed by atoms with Crippen molar-refractivity contribution in [2.24, 2.45) is 0 Å². The van der Waals surface area contributed by atoms with E-state index in [0.29, 0.717) is 0 Å². The molecule has 2 aromatic carbocycles. The van der Waals surface area contributed by atoms with Gasteiger partial charge in [0.2, 0.25) is 5.76 Å². The summed E-state index contributed by atoms with van der Waals surface area (Å²) in [5.41, 5.74) is 1.69. The molecule has 1 N–H and O–H groups in total. The molecule has 0 aliphatic carbocycles. The number of carbonyl (C=O) groups is 2. The van der Waals surface area contributed by atoms with Crippen LogP contribution >= 0.6 is 0 Å². The van der Waals surface area contributed by atoms with Gasteiger partial charge in [-0.3, -0.25) is 0 Å². The van der Waals surface area contributed by atoms with Crippen molar-refractivity contribution in [2.75, 3.05) is 6.61 Å². The zero-order chi connectivity index (χ0) is 19.8. The number of carboxylic acids is 1. The Balaban J connectivity index is 1.78. The molecule has 146 valence electrons. The van der Waals surface area contributed by atoms with Crippen LogP contribution in [0, 0.1) is 0 Å². The van der Waals surface area contributed by atoms with Crippen molar-refractivity contribution in [3.8, 4) is 0 Å². The van der Waals surface area contributed by atoms with E-state index >= 15 is 0 Å². The summed E-state index contributed by atoms with van der Waals surface area (Å²) in [5.74, 6) is -1.48. The van der Waals surface area contributed by atoms with Crippen LogP contribution in [0.15, 0.2) is 72.2 Å². The lowest BCUT2D eigenvalue weighted by molar-refractivity contribution is -0.137. The first-order chi connectivity index (χ1) is 13.6. The van der Waals surface area contributed by atoms with Crippen molar-refractivity contribution in [1.82, 2.24) is 0 Å². The van der Waals surface area contributed by atoms with Crippen LogP contribution in [-0.2, 0) is 37.0 Å². The fraction of sp³-hybridized carbons (Fsp3) is 0.238. The number of benzene rings is 2. The molecule has 0 amide bonds. The Hall–Kier alpha value is -3.48. The third kappa shape index (κ3) is 5.51. The second-order valence-corrected chi connectivity index (χ2v) is 6.11. The molecule has 1 heterocycles. The van der Waals surface area contributed by atoms with Crippen LogP contribution in [0.2, 0.25) is 0 Å². The predicted octanol–water partition coefficient (Wildman–Crippen LogP) is 3.64. The molecule has 0 aromatic heterocycles. The van der Waals surface area contributed by atoms with Crippen LogP contribution in [0.4, 0.5) is 4.79 Å². The summed E-state index contributed by atoms with van der Waals surface area (Å²) in [4.78, 5) is 23.0. The first-order valence-electron chi connectivity index (χ1n) is 8.75. The molecular formula is C21H20O7. The van der Waals surface area contributed by atoms with Gasteiger partial charge in [-0.15, -0.1) is 0 Å². The van der Waals surface area contributed by atoms with Gasteiger partial charge in [0.25, 0.3) is 0 Å². The van der Waals surface area contributed by atoms with E-state index in [9.17, 15) is 14.7 Å². The number of rotatable bonds is 9. The summed E-state index contributed by atoms with van der Waals surface area (Å²) in [6, 6.07) is 18.5. The van der Waals surface area contributed by atoms with Crippen LogP contribution < -0.4 is 0 Å². The molecule has 2 aromatic rings. The molecule has 0 bridgehead atoms. The quantitative estimate of drug-likeness (QED) is 0.401. The van der Waals surface area contributed by atoms with E-state index in [1.807, 2.05) is 60.7 Å². The Bertz CT molecular complexity index is 830. The van der Waals surface area contributed by atoms with Gasteiger partial charge >= 0.3 is 12.1 Å². The average Bonchev–Trinajstić information content (AvgIpc) is 3.12. The maximum atomic E-state index is 11.8. The number of aliphatic carboxylic acids is 1. The van der Waals surface area contributed by atoms with Crippen LogP contribution in [0.1, 0.15) is 17.5 Å².